The van der Waals surface area contributed by atoms with E-state index in [0.29, 0.717) is 6.07 Å². The lowest BCUT2D eigenvalue weighted by Gasteiger charge is -2.13. The van der Waals surface area contributed by atoms with E-state index in [1.807, 2.05) is 0 Å². The van der Waals surface area contributed by atoms with Gasteiger partial charge in [0.2, 0.25) is 11.7 Å². The molecule has 0 bridgehead atoms. The molecule has 150 valence electrons. The molecule has 3 aromatic rings. The predicted molar refractivity (Wildman–Crippen MR) is 93.7 cm³/mol. The molecule has 0 aromatic carbocycles. The van der Waals surface area contributed by atoms with E-state index in [9.17, 15) is 21.6 Å². The molecule has 9 nitrogen and oxygen atoms in total. The number of halogens is 4. The summed E-state index contributed by atoms with van der Waals surface area (Å²) in [5.74, 6) is -2.17. The first kappa shape index (κ1) is 20.1. The molecule has 3 aromatic heterocycles. The number of anilines is 1. The van der Waals surface area contributed by atoms with Crippen LogP contribution in [-0.4, -0.2) is 47.9 Å². The van der Waals surface area contributed by atoms with E-state index in [1.165, 1.54) is 22.9 Å². The average Bonchev–Trinajstić information content (AvgIpc) is 2.97. The normalized spacial score (nSPS) is 11.8. The van der Waals surface area contributed by atoms with E-state index >= 15 is 0 Å². The molecule has 14 heteroatoms. The first-order valence-electron chi connectivity index (χ1n) is 7.40. The average molecular weight is 482 g/mol. The van der Waals surface area contributed by atoms with Crippen molar-refractivity contribution in [3.05, 3.63) is 34.9 Å². The molecule has 0 aliphatic heterocycles. The lowest BCUT2D eigenvalue weighted by Crippen LogP contribution is -2.17. The van der Waals surface area contributed by atoms with Crippen LogP contribution in [0.5, 0.6) is 11.8 Å². The van der Waals surface area contributed by atoms with Gasteiger partial charge in [-0.05, 0) is 22.0 Å². The Morgan fingerprint density at radius 3 is 2.75 bits per heavy atom. The van der Waals surface area contributed by atoms with Gasteiger partial charge >= 0.3 is 0 Å². The highest BCUT2D eigenvalue weighted by Crippen LogP contribution is 2.31. The van der Waals surface area contributed by atoms with Crippen molar-refractivity contribution in [1.29, 1.82) is 0 Å². The number of fused-ring (bicyclic) bond motifs is 1. The molecule has 0 saturated carbocycles. The Hall–Kier alpha value is -2.61. The van der Waals surface area contributed by atoms with Gasteiger partial charge in [-0.15, -0.1) is 0 Å². The smallest absolute Gasteiger partial charge is 0.280 e. The number of nitrogens with one attached hydrogen (secondary N) is 1. The highest BCUT2D eigenvalue weighted by atomic mass is 79.9. The predicted octanol–water partition coefficient (Wildman–Crippen LogP) is 2.48. The van der Waals surface area contributed by atoms with Crippen molar-refractivity contribution >= 4 is 37.4 Å². The third-order valence-corrected chi connectivity index (χ3v) is 5.47. The zero-order valence-electron chi connectivity index (χ0n) is 13.9. The maximum Gasteiger partial charge on any atom is 0.280 e. The number of ether oxygens (including phenoxy) is 2. The summed E-state index contributed by atoms with van der Waals surface area (Å²) in [6, 6.07) is 2.21. The number of rotatable bonds is 7. The number of imidazole rings is 1. The summed E-state index contributed by atoms with van der Waals surface area (Å²) in [4.78, 5) is 11.5. The Kier molecular flexibility index (Phi) is 5.60. The summed E-state index contributed by atoms with van der Waals surface area (Å²) in [5, 5.41) is -0.295. The van der Waals surface area contributed by atoms with Crippen molar-refractivity contribution in [3.63, 3.8) is 0 Å². The van der Waals surface area contributed by atoms with Crippen LogP contribution in [0.4, 0.5) is 18.9 Å². The van der Waals surface area contributed by atoms with Crippen molar-refractivity contribution in [1.82, 2.24) is 19.4 Å². The van der Waals surface area contributed by atoms with Crippen molar-refractivity contribution in [3.8, 4) is 11.8 Å². The van der Waals surface area contributed by atoms with Gasteiger partial charge in [0.1, 0.15) is 10.3 Å². The fourth-order valence-electron chi connectivity index (χ4n) is 2.20. The number of sulfonamides is 1. The number of hydrogen-bond acceptors (Lipinski definition) is 7. The van der Waals surface area contributed by atoms with E-state index in [2.05, 4.69) is 40.3 Å². The van der Waals surface area contributed by atoms with E-state index < -0.39 is 34.8 Å². The van der Waals surface area contributed by atoms with Gasteiger partial charge in [0.05, 0.1) is 7.11 Å². The first-order valence-corrected chi connectivity index (χ1v) is 9.67. The Bertz CT molecular complexity index is 1130. The lowest BCUT2D eigenvalue weighted by molar-refractivity contribution is 0.0770. The Morgan fingerprint density at radius 1 is 1.32 bits per heavy atom. The molecule has 3 rings (SSSR count). The maximum absolute atomic E-state index is 14.1. The van der Waals surface area contributed by atoms with Crippen LogP contribution in [0.3, 0.4) is 0 Å². The van der Waals surface area contributed by atoms with Crippen LogP contribution in [0.15, 0.2) is 34.2 Å². The monoisotopic (exact) mass is 481 g/mol. The number of pyridine rings is 1. The fraction of sp³-hybridized carbons (Fsp3) is 0.214. The maximum atomic E-state index is 14.1. The molecule has 0 fully saturated rings. The zero-order chi connectivity index (χ0) is 20.5. The van der Waals surface area contributed by atoms with Crippen molar-refractivity contribution in [2.75, 3.05) is 18.4 Å². The molecule has 0 amide bonds. The van der Waals surface area contributed by atoms with Crippen molar-refractivity contribution in [2.24, 2.45) is 0 Å². The fourth-order valence-corrected chi connectivity index (χ4v) is 4.39. The van der Waals surface area contributed by atoms with Gasteiger partial charge in [-0.25, -0.2) is 23.1 Å². The van der Waals surface area contributed by atoms with Gasteiger partial charge in [-0.3, -0.25) is 9.12 Å². The molecule has 0 unspecified atom stereocenters. The van der Waals surface area contributed by atoms with Gasteiger partial charge in [0, 0.05) is 18.5 Å². The van der Waals surface area contributed by atoms with E-state index in [0.717, 1.165) is 7.11 Å². The van der Waals surface area contributed by atoms with Crippen LogP contribution in [0.2, 0.25) is 0 Å². The zero-order valence-corrected chi connectivity index (χ0v) is 16.3. The second-order valence-electron chi connectivity index (χ2n) is 5.14. The second kappa shape index (κ2) is 7.79. The minimum absolute atomic E-state index is 0.0250. The molecule has 0 saturated heterocycles. The standard InChI is InChI=1S/C14H11BrF3N5O4S/c1-26-12-8(5-7(16)11(21-12)27-6-9(17)18)22-28(24,25)13-10(15)20-14-19-3-2-4-23(13)14/h2-5,9,22H,6H2,1H3. The highest BCUT2D eigenvalue weighted by molar-refractivity contribution is 9.10. The van der Waals surface area contributed by atoms with Gasteiger partial charge < -0.3 is 9.47 Å². The summed E-state index contributed by atoms with van der Waals surface area (Å²) in [6.07, 6.45) is 0.0110. The molecule has 0 aliphatic carbocycles. The van der Waals surface area contributed by atoms with Crippen LogP contribution in [0, 0.1) is 5.82 Å². The highest BCUT2D eigenvalue weighted by Gasteiger charge is 2.27. The molecule has 0 atom stereocenters. The first-order chi connectivity index (χ1) is 13.2. The number of methoxy groups -OCH3 is 1. The Labute approximate surface area is 164 Å². The molecular weight excluding hydrogens is 471 g/mol. The Balaban J connectivity index is 2.00. The Morgan fingerprint density at radius 2 is 2.07 bits per heavy atom. The molecular formula is C14H11BrF3N5O4S. The van der Waals surface area contributed by atoms with Crippen molar-refractivity contribution in [2.45, 2.75) is 11.5 Å². The van der Waals surface area contributed by atoms with Gasteiger partial charge in [0.25, 0.3) is 22.3 Å². The molecule has 0 radical (unpaired) electrons. The van der Waals surface area contributed by atoms with Crippen LogP contribution in [-0.2, 0) is 10.0 Å². The van der Waals surface area contributed by atoms with Crippen LogP contribution >= 0.6 is 15.9 Å². The van der Waals surface area contributed by atoms with Crippen LogP contribution in [0.1, 0.15) is 0 Å². The second-order valence-corrected chi connectivity index (χ2v) is 7.49. The molecule has 0 spiro atoms. The number of nitrogens with zero attached hydrogens (tertiary/aromatic N) is 4. The van der Waals surface area contributed by atoms with Crippen LogP contribution in [0.25, 0.3) is 5.78 Å². The quantitative estimate of drug-likeness (QED) is 0.552. The summed E-state index contributed by atoms with van der Waals surface area (Å²) in [6.45, 7) is -1.08. The van der Waals surface area contributed by atoms with Gasteiger partial charge in [-0.2, -0.15) is 13.4 Å². The summed E-state index contributed by atoms with van der Waals surface area (Å²) < 4.78 is 77.0. The molecule has 0 aliphatic rings. The minimum atomic E-state index is -4.30. The largest absolute Gasteiger partial charge is 0.479 e. The third kappa shape index (κ3) is 3.96. The number of aromatic nitrogens is 4. The van der Waals surface area contributed by atoms with Crippen LogP contribution < -0.4 is 14.2 Å². The van der Waals surface area contributed by atoms with Crippen molar-refractivity contribution < 1.29 is 31.1 Å². The third-order valence-electron chi connectivity index (χ3n) is 3.27. The van der Waals surface area contributed by atoms with E-state index in [1.54, 1.807) is 0 Å². The summed E-state index contributed by atoms with van der Waals surface area (Å²) >= 11 is 3.05. The SMILES string of the molecule is COc1nc(OCC(F)F)c(F)cc1NS(=O)(=O)c1c(Br)nc2ncccn12. The summed E-state index contributed by atoms with van der Waals surface area (Å²) in [7, 11) is -3.16. The number of hydrogen-bond donors (Lipinski definition) is 1. The van der Waals surface area contributed by atoms with E-state index in [4.69, 9.17) is 4.74 Å². The minimum Gasteiger partial charge on any atom is -0.479 e. The number of alkyl halides is 2. The van der Waals surface area contributed by atoms with Gasteiger partial charge in [0.15, 0.2) is 17.5 Å². The topological polar surface area (TPSA) is 108 Å². The lowest BCUT2D eigenvalue weighted by atomic mass is 10.4. The van der Waals surface area contributed by atoms with E-state index in [-0.39, 0.29) is 27.0 Å². The molecule has 1 N–H and O–H groups in total. The molecule has 3 heterocycles. The summed E-state index contributed by atoms with van der Waals surface area (Å²) in [5.41, 5.74) is -0.366. The van der Waals surface area contributed by atoms with Gasteiger partial charge in [-0.1, -0.05) is 0 Å². The molecule has 28 heavy (non-hydrogen) atoms.